The molecule has 2 aromatic rings. The zero-order valence-corrected chi connectivity index (χ0v) is 16.8. The predicted octanol–water partition coefficient (Wildman–Crippen LogP) is 3.28. The number of carbonyl (C=O) groups is 2. The molecule has 0 spiro atoms. The van der Waals surface area contributed by atoms with Gasteiger partial charge in [0.2, 0.25) is 5.91 Å². The van der Waals surface area contributed by atoms with Gasteiger partial charge in [0.1, 0.15) is 11.5 Å². The molecule has 2 aromatic carbocycles. The van der Waals surface area contributed by atoms with E-state index < -0.39 is 0 Å². The second-order valence-corrected chi connectivity index (χ2v) is 7.00. The molecule has 1 heterocycles. The first kappa shape index (κ1) is 20.7. The molecule has 1 N–H and O–H groups in total. The monoisotopic (exact) mass is 396 g/mol. The molecule has 0 aromatic heterocycles. The standard InChI is InChI=1S/C23H28N2O4/c1-2-28-21-10-8-18(9-11-21)23(27)25-15-12-19(13-16-25)24-22(26)14-17-29-20-6-4-3-5-7-20/h3-11,19H,2,12-17H2,1H3,(H,24,26). The first-order valence-electron chi connectivity index (χ1n) is 10.1. The van der Waals surface area contributed by atoms with Crippen molar-refractivity contribution < 1.29 is 19.1 Å². The normalized spacial score (nSPS) is 14.3. The van der Waals surface area contributed by atoms with E-state index in [9.17, 15) is 9.59 Å². The second kappa shape index (κ2) is 10.5. The van der Waals surface area contributed by atoms with Crippen LogP contribution in [0.5, 0.6) is 11.5 Å². The molecule has 0 aliphatic carbocycles. The Hall–Kier alpha value is -3.02. The fourth-order valence-electron chi connectivity index (χ4n) is 3.35. The van der Waals surface area contributed by atoms with E-state index in [4.69, 9.17) is 9.47 Å². The van der Waals surface area contributed by atoms with Crippen LogP contribution < -0.4 is 14.8 Å². The van der Waals surface area contributed by atoms with Crippen LogP contribution in [0.1, 0.15) is 36.5 Å². The summed E-state index contributed by atoms with van der Waals surface area (Å²) in [6.07, 6.45) is 1.84. The quantitative estimate of drug-likeness (QED) is 0.744. The number of carbonyl (C=O) groups excluding carboxylic acids is 2. The molecule has 0 unspecified atom stereocenters. The van der Waals surface area contributed by atoms with E-state index in [0.717, 1.165) is 24.3 Å². The Balaban J connectivity index is 1.38. The number of nitrogens with zero attached hydrogens (tertiary/aromatic N) is 1. The average molecular weight is 396 g/mol. The lowest BCUT2D eigenvalue weighted by Crippen LogP contribution is -2.46. The van der Waals surface area contributed by atoms with Gasteiger partial charge in [-0.25, -0.2) is 0 Å². The zero-order valence-electron chi connectivity index (χ0n) is 16.8. The number of likely N-dealkylation sites (tertiary alicyclic amines) is 1. The number of para-hydroxylation sites is 1. The van der Waals surface area contributed by atoms with E-state index in [0.29, 0.717) is 38.3 Å². The van der Waals surface area contributed by atoms with Gasteiger partial charge in [-0.15, -0.1) is 0 Å². The predicted molar refractivity (Wildman–Crippen MR) is 111 cm³/mol. The minimum Gasteiger partial charge on any atom is -0.494 e. The number of amides is 2. The third-order valence-electron chi connectivity index (χ3n) is 4.90. The summed E-state index contributed by atoms with van der Waals surface area (Å²) in [5.74, 6) is 1.54. The highest BCUT2D eigenvalue weighted by Crippen LogP contribution is 2.17. The summed E-state index contributed by atoms with van der Waals surface area (Å²) < 4.78 is 11.0. The van der Waals surface area contributed by atoms with Gasteiger partial charge in [0.05, 0.1) is 19.6 Å². The fraction of sp³-hybridized carbons (Fsp3) is 0.391. The summed E-state index contributed by atoms with van der Waals surface area (Å²) in [7, 11) is 0. The Kier molecular flexibility index (Phi) is 7.50. The van der Waals surface area contributed by atoms with E-state index in [2.05, 4.69) is 5.32 Å². The molecule has 3 rings (SSSR count). The van der Waals surface area contributed by atoms with E-state index in [1.54, 1.807) is 12.1 Å². The molecular weight excluding hydrogens is 368 g/mol. The number of piperidine rings is 1. The van der Waals surface area contributed by atoms with Gasteiger partial charge in [-0.3, -0.25) is 9.59 Å². The maximum Gasteiger partial charge on any atom is 0.253 e. The molecule has 1 aliphatic heterocycles. The Labute approximate surface area is 171 Å². The number of ether oxygens (including phenoxy) is 2. The van der Waals surface area contributed by atoms with E-state index in [1.165, 1.54) is 0 Å². The van der Waals surface area contributed by atoms with E-state index in [-0.39, 0.29) is 17.9 Å². The molecule has 0 atom stereocenters. The summed E-state index contributed by atoms with van der Waals surface area (Å²) in [6.45, 7) is 4.16. The lowest BCUT2D eigenvalue weighted by molar-refractivity contribution is -0.122. The number of benzene rings is 2. The van der Waals surface area contributed by atoms with Crippen LogP contribution in [0.2, 0.25) is 0 Å². The van der Waals surface area contributed by atoms with Crippen LogP contribution in [0, 0.1) is 0 Å². The molecule has 1 fully saturated rings. The van der Waals surface area contributed by atoms with Gasteiger partial charge >= 0.3 is 0 Å². The topological polar surface area (TPSA) is 67.9 Å². The van der Waals surface area contributed by atoms with Crippen molar-refractivity contribution >= 4 is 11.8 Å². The van der Waals surface area contributed by atoms with Gasteiger partial charge in [-0.2, -0.15) is 0 Å². The molecule has 2 amide bonds. The minimum atomic E-state index is -0.0165. The van der Waals surface area contributed by atoms with Gasteiger partial charge < -0.3 is 19.7 Å². The van der Waals surface area contributed by atoms with Gasteiger partial charge in [-0.1, -0.05) is 18.2 Å². The van der Waals surface area contributed by atoms with Crippen molar-refractivity contribution in [1.82, 2.24) is 10.2 Å². The number of hydrogen-bond acceptors (Lipinski definition) is 4. The molecule has 1 saturated heterocycles. The van der Waals surface area contributed by atoms with Crippen LogP contribution in [-0.4, -0.2) is 49.1 Å². The van der Waals surface area contributed by atoms with Gasteiger partial charge in [0.15, 0.2) is 0 Å². The zero-order chi connectivity index (χ0) is 20.5. The highest BCUT2D eigenvalue weighted by molar-refractivity contribution is 5.94. The lowest BCUT2D eigenvalue weighted by atomic mass is 10.0. The van der Waals surface area contributed by atoms with Crippen LogP contribution in [0.4, 0.5) is 0 Å². The second-order valence-electron chi connectivity index (χ2n) is 7.00. The van der Waals surface area contributed by atoms with Gasteiger partial charge in [-0.05, 0) is 56.2 Å². The number of hydrogen-bond donors (Lipinski definition) is 1. The fourth-order valence-corrected chi connectivity index (χ4v) is 3.35. The van der Waals surface area contributed by atoms with E-state index in [1.807, 2.05) is 54.3 Å². The maximum atomic E-state index is 12.7. The van der Waals surface area contributed by atoms with Crippen molar-refractivity contribution in [3.05, 3.63) is 60.2 Å². The van der Waals surface area contributed by atoms with Crippen LogP contribution in [0.15, 0.2) is 54.6 Å². The highest BCUT2D eigenvalue weighted by Gasteiger charge is 2.24. The van der Waals surface area contributed by atoms with Crippen molar-refractivity contribution in [2.24, 2.45) is 0 Å². The number of rotatable bonds is 8. The molecule has 6 heteroatoms. The van der Waals surface area contributed by atoms with Crippen LogP contribution >= 0.6 is 0 Å². The summed E-state index contributed by atoms with van der Waals surface area (Å²) in [6, 6.07) is 16.8. The third kappa shape index (κ3) is 6.24. The van der Waals surface area contributed by atoms with E-state index >= 15 is 0 Å². The molecule has 0 saturated carbocycles. The number of nitrogens with one attached hydrogen (secondary N) is 1. The summed E-state index contributed by atoms with van der Waals surface area (Å²) in [5.41, 5.74) is 0.661. The van der Waals surface area contributed by atoms with Crippen molar-refractivity contribution in [3.8, 4) is 11.5 Å². The van der Waals surface area contributed by atoms with Crippen molar-refractivity contribution in [2.75, 3.05) is 26.3 Å². The van der Waals surface area contributed by atoms with Crippen LogP contribution in [0.25, 0.3) is 0 Å². The molecular formula is C23H28N2O4. The van der Waals surface area contributed by atoms with Crippen molar-refractivity contribution in [2.45, 2.75) is 32.2 Å². The van der Waals surface area contributed by atoms with Gasteiger partial charge in [0, 0.05) is 24.7 Å². The Morgan fingerprint density at radius 1 is 0.966 bits per heavy atom. The SMILES string of the molecule is CCOc1ccc(C(=O)N2CCC(NC(=O)CCOc3ccccc3)CC2)cc1. The molecule has 0 radical (unpaired) electrons. The molecule has 154 valence electrons. The summed E-state index contributed by atoms with van der Waals surface area (Å²) >= 11 is 0. The molecule has 6 nitrogen and oxygen atoms in total. The van der Waals surface area contributed by atoms with Gasteiger partial charge in [0.25, 0.3) is 5.91 Å². The summed E-state index contributed by atoms with van der Waals surface area (Å²) in [5, 5.41) is 3.05. The Morgan fingerprint density at radius 3 is 2.28 bits per heavy atom. The largest absolute Gasteiger partial charge is 0.494 e. The van der Waals surface area contributed by atoms with Crippen LogP contribution in [0.3, 0.4) is 0 Å². The van der Waals surface area contributed by atoms with Crippen LogP contribution in [-0.2, 0) is 4.79 Å². The first-order chi connectivity index (χ1) is 14.2. The molecule has 29 heavy (non-hydrogen) atoms. The maximum absolute atomic E-state index is 12.7. The smallest absolute Gasteiger partial charge is 0.253 e. The summed E-state index contributed by atoms with van der Waals surface area (Å²) in [4.78, 5) is 26.6. The first-order valence-corrected chi connectivity index (χ1v) is 10.1. The average Bonchev–Trinajstić information content (AvgIpc) is 2.75. The third-order valence-corrected chi connectivity index (χ3v) is 4.90. The molecule has 1 aliphatic rings. The van der Waals surface area contributed by atoms with Crippen molar-refractivity contribution in [3.63, 3.8) is 0 Å². The highest BCUT2D eigenvalue weighted by atomic mass is 16.5. The Bertz CT molecular complexity index is 784. The Morgan fingerprint density at radius 2 is 1.62 bits per heavy atom. The minimum absolute atomic E-state index is 0.0165. The van der Waals surface area contributed by atoms with Crippen molar-refractivity contribution in [1.29, 1.82) is 0 Å². The lowest BCUT2D eigenvalue weighted by Gasteiger charge is -2.32. The molecule has 0 bridgehead atoms.